The maximum absolute atomic E-state index is 13.1. The third kappa shape index (κ3) is 30.9. The molecular formula is C43H86O5Sn2. The van der Waals surface area contributed by atoms with Gasteiger partial charge in [-0.05, 0) is 0 Å². The zero-order valence-corrected chi connectivity index (χ0v) is 40.3. The van der Waals surface area contributed by atoms with Crippen LogP contribution < -0.4 is 0 Å². The van der Waals surface area contributed by atoms with Gasteiger partial charge >= 0.3 is 317 Å². The van der Waals surface area contributed by atoms with Crippen LogP contribution in [-0.2, 0) is 18.8 Å². The molecule has 0 heterocycles. The van der Waals surface area contributed by atoms with Crippen molar-refractivity contribution in [2.75, 3.05) is 0 Å². The summed E-state index contributed by atoms with van der Waals surface area (Å²) in [5.41, 5.74) is -0.228. The van der Waals surface area contributed by atoms with Crippen LogP contribution in [0.15, 0.2) is 0 Å². The number of carbonyl (C=O) groups is 2. The SMILES string of the molecule is CCCCCCCCCCCC(=O)[O][Sn]([CH2]CCC)[CH2]CC(CCCC)(CCCC)[O][Sn]([CH2]CCC)[O]C(=O)CCCCCCCCCCC. The van der Waals surface area contributed by atoms with Gasteiger partial charge in [0.1, 0.15) is 0 Å². The molecule has 296 valence electrons. The van der Waals surface area contributed by atoms with Crippen LogP contribution in [0.25, 0.3) is 0 Å². The van der Waals surface area contributed by atoms with Crippen LogP contribution in [-0.4, -0.2) is 58.3 Å². The average Bonchev–Trinajstić information content (AvgIpc) is 3.11. The summed E-state index contributed by atoms with van der Waals surface area (Å²) < 4.78 is 23.1. The minimum absolute atomic E-state index is 0.0112. The third-order valence-corrected chi connectivity index (χ3v) is 21.9. The molecule has 5 nitrogen and oxygen atoms in total. The van der Waals surface area contributed by atoms with Crippen molar-refractivity contribution in [3.8, 4) is 0 Å². The Morgan fingerprint density at radius 2 is 0.780 bits per heavy atom. The van der Waals surface area contributed by atoms with Crippen molar-refractivity contribution < 1.29 is 18.8 Å². The van der Waals surface area contributed by atoms with Crippen LogP contribution in [0.1, 0.15) is 241 Å². The fourth-order valence-electron chi connectivity index (χ4n) is 6.73. The van der Waals surface area contributed by atoms with E-state index in [2.05, 4.69) is 41.5 Å². The van der Waals surface area contributed by atoms with E-state index >= 15 is 0 Å². The Bertz CT molecular complexity index is 741. The van der Waals surface area contributed by atoms with E-state index in [0.717, 1.165) is 110 Å². The van der Waals surface area contributed by atoms with Crippen LogP contribution in [0.3, 0.4) is 0 Å². The van der Waals surface area contributed by atoms with Gasteiger partial charge in [0, 0.05) is 0 Å². The molecule has 0 amide bonds. The van der Waals surface area contributed by atoms with Crippen LogP contribution in [0.4, 0.5) is 0 Å². The molecule has 0 aromatic carbocycles. The molecule has 2 radical (unpaired) electrons. The molecular weight excluding hydrogens is 834 g/mol. The van der Waals surface area contributed by atoms with E-state index in [9.17, 15) is 9.59 Å². The van der Waals surface area contributed by atoms with E-state index < -0.39 is 40.8 Å². The molecule has 0 aliphatic heterocycles. The van der Waals surface area contributed by atoms with Gasteiger partial charge in [-0.1, -0.05) is 13.8 Å². The minimum Gasteiger partial charge on any atom is -0.0654 e. The summed E-state index contributed by atoms with van der Waals surface area (Å²) >= 11 is -5.28. The number of hydrogen-bond donors (Lipinski definition) is 0. The molecule has 0 atom stereocenters. The van der Waals surface area contributed by atoms with Gasteiger partial charge in [-0.15, -0.1) is 0 Å². The van der Waals surface area contributed by atoms with Crippen LogP contribution in [0, 0.1) is 0 Å². The van der Waals surface area contributed by atoms with Crippen molar-refractivity contribution in [3.63, 3.8) is 0 Å². The second-order valence-corrected chi connectivity index (χ2v) is 26.4. The molecule has 0 rings (SSSR count). The van der Waals surface area contributed by atoms with Crippen LogP contribution >= 0.6 is 0 Å². The van der Waals surface area contributed by atoms with Crippen molar-refractivity contribution in [1.29, 1.82) is 0 Å². The van der Waals surface area contributed by atoms with Gasteiger partial charge in [0.15, 0.2) is 0 Å². The normalized spacial score (nSPS) is 11.9. The Kier molecular flexibility index (Phi) is 38.2. The zero-order valence-electron chi connectivity index (χ0n) is 34.6. The van der Waals surface area contributed by atoms with Crippen molar-refractivity contribution >= 4 is 52.7 Å². The number of carbonyl (C=O) groups excluding carboxylic acids is 2. The first-order valence-corrected chi connectivity index (χ1v) is 31.8. The van der Waals surface area contributed by atoms with Gasteiger partial charge in [0.25, 0.3) is 0 Å². The zero-order chi connectivity index (χ0) is 37.0. The summed E-state index contributed by atoms with van der Waals surface area (Å²) in [6.07, 6.45) is 35.8. The first-order valence-electron chi connectivity index (χ1n) is 22.2. The Morgan fingerprint density at radius 1 is 0.400 bits per heavy atom. The second-order valence-electron chi connectivity index (χ2n) is 15.2. The van der Waals surface area contributed by atoms with Gasteiger partial charge in [-0.3, -0.25) is 0 Å². The van der Waals surface area contributed by atoms with Gasteiger partial charge in [0.05, 0.1) is 0 Å². The predicted octanol–water partition coefficient (Wildman–Crippen LogP) is 14.5. The van der Waals surface area contributed by atoms with Crippen molar-refractivity contribution in [3.05, 3.63) is 0 Å². The Morgan fingerprint density at radius 3 is 1.22 bits per heavy atom. The Balaban J connectivity index is 5.27. The summed E-state index contributed by atoms with van der Waals surface area (Å²) in [6, 6.07) is 0. The van der Waals surface area contributed by atoms with Crippen LogP contribution in [0.2, 0.25) is 13.3 Å². The van der Waals surface area contributed by atoms with E-state index in [1.165, 1.54) is 89.9 Å². The van der Waals surface area contributed by atoms with E-state index in [-0.39, 0.29) is 17.5 Å². The van der Waals surface area contributed by atoms with Crippen LogP contribution in [0.5, 0.6) is 0 Å². The molecule has 0 N–H and O–H groups in total. The minimum atomic E-state index is -2.89. The summed E-state index contributed by atoms with van der Waals surface area (Å²) in [7, 11) is 0. The molecule has 0 aliphatic rings. The van der Waals surface area contributed by atoms with Crippen molar-refractivity contribution in [1.82, 2.24) is 0 Å². The molecule has 0 aromatic heterocycles. The number of hydrogen-bond acceptors (Lipinski definition) is 5. The van der Waals surface area contributed by atoms with Crippen molar-refractivity contribution in [2.45, 2.75) is 259 Å². The standard InChI is InChI=1S/2C12H24O2.C11H22O.2C4H9.2Sn/c2*1-2-3-4-5-6-7-8-9-10-11-12(13)14;1-4-7-9-11(12,6-3)10-8-5-2;2*1-3-4-2;;/h2*2-11H2,1H3,(H,13,14);3-10H2,1-2H3;2*1,3-4H2,2H3;;/q;;-1;;;+1;+2/p-2. The van der Waals surface area contributed by atoms with E-state index in [0.29, 0.717) is 12.8 Å². The summed E-state index contributed by atoms with van der Waals surface area (Å²) in [6.45, 7) is 13.5. The van der Waals surface area contributed by atoms with Gasteiger partial charge < -0.3 is 0 Å². The molecule has 0 unspecified atom stereocenters. The number of unbranched alkanes of at least 4 members (excludes halogenated alkanes) is 20. The average molecular weight is 921 g/mol. The van der Waals surface area contributed by atoms with E-state index in [1.54, 1.807) is 0 Å². The fraction of sp³-hybridized carbons (Fsp3) is 0.953. The molecule has 0 aromatic rings. The first kappa shape index (κ1) is 50.5. The Labute approximate surface area is 328 Å². The molecule has 0 spiro atoms. The first-order chi connectivity index (χ1) is 24.4. The summed E-state index contributed by atoms with van der Waals surface area (Å²) in [5.74, 6) is 0.0551. The molecule has 0 bridgehead atoms. The molecule has 0 aliphatic carbocycles. The van der Waals surface area contributed by atoms with Gasteiger partial charge in [-0.2, -0.15) is 0 Å². The number of rotatable bonds is 39. The Hall–Kier alpha value is 0.497. The second kappa shape index (κ2) is 37.8. The van der Waals surface area contributed by atoms with E-state index in [4.69, 9.17) is 9.22 Å². The quantitative estimate of drug-likeness (QED) is 0.0454. The summed E-state index contributed by atoms with van der Waals surface area (Å²) in [4.78, 5) is 26.2. The fourth-order valence-corrected chi connectivity index (χ4v) is 19.3. The van der Waals surface area contributed by atoms with E-state index in [1.807, 2.05) is 0 Å². The molecule has 0 saturated carbocycles. The van der Waals surface area contributed by atoms with Gasteiger partial charge in [-0.25, -0.2) is 0 Å². The third-order valence-electron chi connectivity index (χ3n) is 10.2. The molecule has 7 heteroatoms. The topological polar surface area (TPSA) is 61.8 Å². The monoisotopic (exact) mass is 922 g/mol. The van der Waals surface area contributed by atoms with Crippen molar-refractivity contribution in [2.24, 2.45) is 0 Å². The molecule has 0 fully saturated rings. The smallest absolute Gasteiger partial charge is 0.0654 e. The summed E-state index contributed by atoms with van der Waals surface area (Å²) in [5, 5.41) is 0. The molecule has 50 heavy (non-hydrogen) atoms. The maximum atomic E-state index is 13.1. The predicted molar refractivity (Wildman–Crippen MR) is 219 cm³/mol. The van der Waals surface area contributed by atoms with Gasteiger partial charge in [0.2, 0.25) is 0 Å². The molecule has 0 saturated heterocycles.